The fourth-order valence-corrected chi connectivity index (χ4v) is 1.53. The van der Waals surface area contributed by atoms with E-state index in [1.165, 1.54) is 0 Å². The molecule has 2 atom stereocenters. The van der Waals surface area contributed by atoms with E-state index in [9.17, 15) is 4.79 Å². The van der Waals surface area contributed by atoms with Crippen LogP contribution in [0.5, 0.6) is 0 Å². The van der Waals surface area contributed by atoms with Gasteiger partial charge in [-0.25, -0.2) is 0 Å². The largest absolute Gasteiger partial charge is 0.349 e. The van der Waals surface area contributed by atoms with Crippen molar-refractivity contribution in [1.82, 2.24) is 0 Å². The Bertz CT molecular complexity index is 153. The highest BCUT2D eigenvalue weighted by Gasteiger charge is 2.44. The third-order valence-corrected chi connectivity index (χ3v) is 2.13. The molecule has 2 bridgehead atoms. The van der Waals surface area contributed by atoms with Gasteiger partial charge in [0, 0.05) is 0 Å². The van der Waals surface area contributed by atoms with Gasteiger partial charge in [0.1, 0.15) is 5.60 Å². The van der Waals surface area contributed by atoms with Crippen LogP contribution >= 0.6 is 0 Å². The molecule has 56 valence electrons. The molecule has 3 nitrogen and oxygen atoms in total. The topological polar surface area (TPSA) is 35.5 Å². The van der Waals surface area contributed by atoms with Crippen LogP contribution in [0.1, 0.15) is 19.3 Å². The third-order valence-electron chi connectivity index (χ3n) is 2.13. The van der Waals surface area contributed by atoms with Crippen LogP contribution in [0.15, 0.2) is 0 Å². The Morgan fingerprint density at radius 3 is 3.20 bits per heavy atom. The van der Waals surface area contributed by atoms with Gasteiger partial charge >= 0.3 is 0 Å². The molecule has 0 spiro atoms. The molecule has 3 heteroatoms. The Hall–Kier alpha value is -0.410. The summed E-state index contributed by atoms with van der Waals surface area (Å²) in [7, 11) is 0. The summed E-state index contributed by atoms with van der Waals surface area (Å²) in [5, 5.41) is 0. The molecule has 0 N–H and O–H groups in total. The van der Waals surface area contributed by atoms with Gasteiger partial charge in [-0.1, -0.05) is 0 Å². The summed E-state index contributed by atoms with van der Waals surface area (Å²) in [6, 6.07) is 0. The second kappa shape index (κ2) is 2.04. The summed E-state index contributed by atoms with van der Waals surface area (Å²) >= 11 is 0. The van der Waals surface area contributed by atoms with Crippen LogP contribution in [0, 0.1) is 0 Å². The van der Waals surface area contributed by atoms with Gasteiger partial charge in [-0.15, -0.1) is 0 Å². The van der Waals surface area contributed by atoms with Gasteiger partial charge in [0.05, 0.1) is 6.61 Å². The number of aldehydes is 1. The van der Waals surface area contributed by atoms with Crippen LogP contribution in [0.2, 0.25) is 0 Å². The van der Waals surface area contributed by atoms with Gasteiger partial charge < -0.3 is 14.3 Å². The van der Waals surface area contributed by atoms with Gasteiger partial charge in [0.15, 0.2) is 12.6 Å². The molecule has 0 aromatic heterocycles. The monoisotopic (exact) mass is 142 g/mol. The molecule has 2 heterocycles. The fraction of sp³-hybridized carbons (Fsp3) is 0.857. The van der Waals surface area contributed by atoms with E-state index >= 15 is 0 Å². The number of rotatable bonds is 1. The minimum Gasteiger partial charge on any atom is -0.349 e. The van der Waals surface area contributed by atoms with Gasteiger partial charge in [0.25, 0.3) is 0 Å². The highest BCUT2D eigenvalue weighted by molar-refractivity contribution is 5.63. The number of hydrogen-bond donors (Lipinski definition) is 0. The van der Waals surface area contributed by atoms with E-state index in [-0.39, 0.29) is 6.29 Å². The SMILES string of the molecule is O=CC12CCCC(OC1)O2. The molecular weight excluding hydrogens is 132 g/mol. The van der Waals surface area contributed by atoms with Gasteiger partial charge in [-0.2, -0.15) is 0 Å². The molecule has 2 unspecified atom stereocenters. The summed E-state index contributed by atoms with van der Waals surface area (Å²) in [5.74, 6) is 0. The Labute approximate surface area is 59.3 Å². The van der Waals surface area contributed by atoms with E-state index in [4.69, 9.17) is 9.47 Å². The van der Waals surface area contributed by atoms with Crippen molar-refractivity contribution in [1.29, 1.82) is 0 Å². The Morgan fingerprint density at radius 2 is 2.50 bits per heavy atom. The minimum absolute atomic E-state index is 0.0982. The van der Waals surface area contributed by atoms with Crippen LogP contribution in [-0.2, 0) is 14.3 Å². The number of carbonyl (C=O) groups excluding carboxylic acids is 1. The van der Waals surface area contributed by atoms with Crippen molar-refractivity contribution in [3.63, 3.8) is 0 Å². The van der Waals surface area contributed by atoms with E-state index in [2.05, 4.69) is 0 Å². The van der Waals surface area contributed by atoms with Crippen LogP contribution in [0.4, 0.5) is 0 Å². The quantitative estimate of drug-likeness (QED) is 0.499. The molecule has 2 aliphatic heterocycles. The molecule has 2 saturated heterocycles. The molecule has 0 amide bonds. The third kappa shape index (κ3) is 0.777. The van der Waals surface area contributed by atoms with Gasteiger partial charge in [-0.05, 0) is 19.3 Å². The first-order chi connectivity index (χ1) is 4.85. The zero-order valence-corrected chi connectivity index (χ0v) is 5.71. The number of fused-ring (bicyclic) bond motifs is 2. The molecule has 0 saturated carbocycles. The summed E-state index contributed by atoms with van der Waals surface area (Å²) < 4.78 is 10.6. The van der Waals surface area contributed by atoms with Crippen molar-refractivity contribution < 1.29 is 14.3 Å². The zero-order valence-electron chi connectivity index (χ0n) is 5.71. The van der Waals surface area contributed by atoms with E-state index in [0.29, 0.717) is 6.61 Å². The molecular formula is C7H10O3. The molecule has 2 fully saturated rings. The van der Waals surface area contributed by atoms with Crippen LogP contribution in [-0.4, -0.2) is 24.8 Å². The first-order valence-corrected chi connectivity index (χ1v) is 3.60. The van der Waals surface area contributed by atoms with Crippen molar-refractivity contribution in [2.24, 2.45) is 0 Å². The predicted octanol–water partition coefficient (Wildman–Crippen LogP) is 0.481. The highest BCUT2D eigenvalue weighted by Crippen LogP contribution is 2.34. The predicted molar refractivity (Wildman–Crippen MR) is 33.5 cm³/mol. The summed E-state index contributed by atoms with van der Waals surface area (Å²) in [5.41, 5.74) is -0.567. The second-order valence-corrected chi connectivity index (χ2v) is 2.93. The van der Waals surface area contributed by atoms with Crippen molar-refractivity contribution in [2.45, 2.75) is 31.2 Å². The van der Waals surface area contributed by atoms with Crippen LogP contribution in [0.25, 0.3) is 0 Å². The molecule has 2 rings (SSSR count). The smallest absolute Gasteiger partial charge is 0.159 e. The Kier molecular flexibility index (Phi) is 1.28. The van der Waals surface area contributed by atoms with Gasteiger partial charge in [-0.3, -0.25) is 0 Å². The van der Waals surface area contributed by atoms with E-state index in [1.54, 1.807) is 0 Å². The first kappa shape index (κ1) is 6.31. The summed E-state index contributed by atoms with van der Waals surface area (Å²) in [6.45, 7) is 0.459. The molecule has 0 radical (unpaired) electrons. The number of carbonyl (C=O) groups is 1. The minimum atomic E-state index is -0.567. The fourth-order valence-electron chi connectivity index (χ4n) is 1.53. The van der Waals surface area contributed by atoms with Crippen molar-refractivity contribution in [3.05, 3.63) is 0 Å². The normalized spacial score (nSPS) is 45.4. The average molecular weight is 142 g/mol. The molecule has 2 aliphatic rings. The molecule has 0 aliphatic carbocycles. The van der Waals surface area contributed by atoms with Gasteiger partial charge in [0.2, 0.25) is 0 Å². The summed E-state index contributed by atoms with van der Waals surface area (Å²) in [4.78, 5) is 10.5. The van der Waals surface area contributed by atoms with E-state index < -0.39 is 5.60 Å². The van der Waals surface area contributed by atoms with Crippen LogP contribution < -0.4 is 0 Å². The van der Waals surface area contributed by atoms with E-state index in [0.717, 1.165) is 25.5 Å². The maximum atomic E-state index is 10.5. The average Bonchev–Trinajstić information content (AvgIpc) is 2.29. The molecule has 0 aromatic carbocycles. The van der Waals surface area contributed by atoms with E-state index in [1.807, 2.05) is 0 Å². The maximum Gasteiger partial charge on any atom is 0.159 e. The number of ether oxygens (including phenoxy) is 2. The lowest BCUT2D eigenvalue weighted by Crippen LogP contribution is -2.36. The lowest BCUT2D eigenvalue weighted by atomic mass is 9.98. The zero-order chi connectivity index (χ0) is 7.03. The first-order valence-electron chi connectivity index (χ1n) is 3.60. The second-order valence-electron chi connectivity index (χ2n) is 2.93. The molecule has 0 aromatic rings. The maximum absolute atomic E-state index is 10.5. The Balaban J connectivity index is 2.16. The van der Waals surface area contributed by atoms with Crippen molar-refractivity contribution in [2.75, 3.05) is 6.61 Å². The highest BCUT2D eigenvalue weighted by atomic mass is 16.7. The lowest BCUT2D eigenvalue weighted by molar-refractivity contribution is -0.143. The summed E-state index contributed by atoms with van der Waals surface area (Å²) in [6.07, 6.45) is 3.59. The standard InChI is InChI=1S/C7H10O3/c8-4-7-3-1-2-6(10-7)9-5-7/h4,6H,1-3,5H2. The Morgan fingerprint density at radius 1 is 1.60 bits per heavy atom. The lowest BCUT2D eigenvalue weighted by Gasteiger charge is -2.24. The number of hydrogen-bond acceptors (Lipinski definition) is 3. The van der Waals surface area contributed by atoms with Crippen molar-refractivity contribution in [3.8, 4) is 0 Å². The van der Waals surface area contributed by atoms with Crippen LogP contribution in [0.3, 0.4) is 0 Å². The molecule has 10 heavy (non-hydrogen) atoms. The van der Waals surface area contributed by atoms with Crippen molar-refractivity contribution >= 4 is 6.29 Å².